The van der Waals surface area contributed by atoms with Gasteiger partial charge in [0.05, 0.1) is 0 Å². The van der Waals surface area contributed by atoms with Crippen molar-refractivity contribution in [2.45, 2.75) is 26.1 Å². The van der Waals surface area contributed by atoms with Gasteiger partial charge in [-0.1, -0.05) is 12.7 Å². The molecular weight excluding hydrogens is 188 g/mol. The van der Waals surface area contributed by atoms with Gasteiger partial charge in [0.2, 0.25) is 0 Å². The van der Waals surface area contributed by atoms with Crippen molar-refractivity contribution in [1.82, 2.24) is 0 Å². The number of carbonyl (C=O) groups is 2. The number of ether oxygens (including phenoxy) is 2. The monoisotopic (exact) mass is 202 g/mol. The van der Waals surface area contributed by atoms with Crippen molar-refractivity contribution in [2.75, 3.05) is 6.61 Å². The predicted molar refractivity (Wildman–Crippen MR) is 48.4 cm³/mol. The van der Waals surface area contributed by atoms with Crippen LogP contribution in [-0.2, 0) is 19.1 Å². The number of carbonyl (C=O) groups excluding carboxylic acids is 2. The van der Waals surface area contributed by atoms with E-state index in [4.69, 9.17) is 5.11 Å². The number of aliphatic hydroxyl groups is 1. The van der Waals surface area contributed by atoms with Crippen molar-refractivity contribution in [3.05, 3.63) is 12.7 Å². The lowest BCUT2D eigenvalue weighted by Gasteiger charge is -2.12. The Morgan fingerprint density at radius 2 is 2.00 bits per heavy atom. The summed E-state index contributed by atoms with van der Waals surface area (Å²) in [5.74, 6) is -1.52. The van der Waals surface area contributed by atoms with E-state index in [0.717, 1.165) is 0 Å². The maximum Gasteiger partial charge on any atom is 0.347 e. The van der Waals surface area contributed by atoms with Gasteiger partial charge in [0, 0.05) is 0 Å². The highest BCUT2D eigenvalue weighted by Gasteiger charge is 2.21. The summed E-state index contributed by atoms with van der Waals surface area (Å²) in [4.78, 5) is 21.9. The van der Waals surface area contributed by atoms with Gasteiger partial charge in [-0.2, -0.15) is 0 Å². The van der Waals surface area contributed by atoms with Gasteiger partial charge in [-0.3, -0.25) is 0 Å². The molecule has 0 saturated carbocycles. The minimum Gasteiger partial charge on any atom is -0.459 e. The fourth-order valence-electron chi connectivity index (χ4n) is 0.579. The Bertz CT molecular complexity index is 221. The summed E-state index contributed by atoms with van der Waals surface area (Å²) < 4.78 is 9.19. The highest BCUT2D eigenvalue weighted by atomic mass is 16.6. The van der Waals surface area contributed by atoms with Gasteiger partial charge in [-0.25, -0.2) is 9.59 Å². The van der Waals surface area contributed by atoms with Crippen LogP contribution in [0.15, 0.2) is 12.7 Å². The van der Waals surface area contributed by atoms with Gasteiger partial charge >= 0.3 is 11.9 Å². The molecule has 14 heavy (non-hydrogen) atoms. The molecule has 0 spiro atoms. The molecule has 80 valence electrons. The molecule has 0 saturated heterocycles. The number of hydrogen-bond acceptors (Lipinski definition) is 5. The molecule has 0 amide bonds. The molecule has 0 aliphatic heterocycles. The van der Waals surface area contributed by atoms with Gasteiger partial charge in [0.1, 0.15) is 12.7 Å². The first-order valence-electron chi connectivity index (χ1n) is 4.15. The minimum atomic E-state index is -1.25. The van der Waals surface area contributed by atoms with Crippen LogP contribution in [0.3, 0.4) is 0 Å². The SMILES string of the molecule is C=CCOC(=O)[C@H](C)OC(=O)[C@@H](C)O. The summed E-state index contributed by atoms with van der Waals surface area (Å²) in [7, 11) is 0. The highest BCUT2D eigenvalue weighted by molar-refractivity contribution is 5.80. The van der Waals surface area contributed by atoms with Gasteiger partial charge in [-0.15, -0.1) is 0 Å². The molecule has 0 fully saturated rings. The Balaban J connectivity index is 3.94. The van der Waals surface area contributed by atoms with Crippen LogP contribution in [0.5, 0.6) is 0 Å². The largest absolute Gasteiger partial charge is 0.459 e. The molecule has 0 heterocycles. The molecule has 5 heteroatoms. The lowest BCUT2D eigenvalue weighted by molar-refractivity contribution is -0.170. The zero-order chi connectivity index (χ0) is 11.1. The van der Waals surface area contributed by atoms with E-state index in [1.54, 1.807) is 0 Å². The van der Waals surface area contributed by atoms with Crippen molar-refractivity contribution in [3.63, 3.8) is 0 Å². The molecule has 0 aromatic heterocycles. The lowest BCUT2D eigenvalue weighted by Crippen LogP contribution is -2.30. The molecule has 0 bridgehead atoms. The van der Waals surface area contributed by atoms with Crippen LogP contribution in [0.1, 0.15) is 13.8 Å². The number of esters is 2. The first-order valence-corrected chi connectivity index (χ1v) is 4.15. The van der Waals surface area contributed by atoms with E-state index < -0.39 is 24.1 Å². The molecule has 0 radical (unpaired) electrons. The molecule has 2 atom stereocenters. The maximum absolute atomic E-state index is 11.0. The van der Waals surface area contributed by atoms with E-state index in [0.29, 0.717) is 0 Å². The average Bonchev–Trinajstić information content (AvgIpc) is 2.13. The van der Waals surface area contributed by atoms with E-state index in [9.17, 15) is 9.59 Å². The second-order valence-corrected chi connectivity index (χ2v) is 2.67. The normalized spacial score (nSPS) is 13.9. The van der Waals surface area contributed by atoms with Gasteiger partial charge in [0.15, 0.2) is 6.10 Å². The number of hydrogen-bond donors (Lipinski definition) is 1. The Morgan fingerprint density at radius 1 is 1.43 bits per heavy atom. The Kier molecular flexibility index (Phi) is 5.55. The van der Waals surface area contributed by atoms with E-state index in [2.05, 4.69) is 16.1 Å². The van der Waals surface area contributed by atoms with Crippen LogP contribution in [0.2, 0.25) is 0 Å². The van der Waals surface area contributed by atoms with Crippen molar-refractivity contribution in [2.24, 2.45) is 0 Å². The van der Waals surface area contributed by atoms with Crippen LogP contribution in [0.25, 0.3) is 0 Å². The molecule has 0 aliphatic carbocycles. The summed E-state index contributed by atoms with van der Waals surface area (Å²) in [5.41, 5.74) is 0. The van der Waals surface area contributed by atoms with Crippen molar-refractivity contribution in [1.29, 1.82) is 0 Å². The quantitative estimate of drug-likeness (QED) is 0.503. The smallest absolute Gasteiger partial charge is 0.347 e. The number of rotatable bonds is 5. The molecule has 5 nitrogen and oxygen atoms in total. The second-order valence-electron chi connectivity index (χ2n) is 2.67. The average molecular weight is 202 g/mol. The third-order valence-electron chi connectivity index (χ3n) is 1.31. The molecule has 0 aromatic carbocycles. The Hall–Kier alpha value is -1.36. The van der Waals surface area contributed by atoms with Crippen LogP contribution in [0, 0.1) is 0 Å². The van der Waals surface area contributed by atoms with Crippen LogP contribution >= 0.6 is 0 Å². The Morgan fingerprint density at radius 3 is 2.43 bits per heavy atom. The summed E-state index contributed by atoms with van der Waals surface area (Å²) >= 11 is 0. The second kappa shape index (κ2) is 6.15. The zero-order valence-electron chi connectivity index (χ0n) is 8.23. The summed E-state index contributed by atoms with van der Waals surface area (Å²) in [6.07, 6.45) is -0.858. The van der Waals surface area contributed by atoms with Crippen molar-refractivity contribution < 1.29 is 24.2 Å². The Labute approximate surface area is 82.3 Å². The van der Waals surface area contributed by atoms with E-state index in [1.165, 1.54) is 19.9 Å². The number of aliphatic hydroxyl groups excluding tert-OH is 1. The fraction of sp³-hybridized carbons (Fsp3) is 0.556. The molecule has 0 aromatic rings. The maximum atomic E-state index is 11.0. The van der Waals surface area contributed by atoms with Gasteiger partial charge in [-0.05, 0) is 13.8 Å². The zero-order valence-corrected chi connectivity index (χ0v) is 8.23. The van der Waals surface area contributed by atoms with Crippen molar-refractivity contribution in [3.8, 4) is 0 Å². The summed E-state index contributed by atoms with van der Waals surface area (Å²) in [5, 5.41) is 8.78. The standard InChI is InChI=1S/C9H14O5/c1-4-5-13-9(12)7(3)14-8(11)6(2)10/h4,6-7,10H,1,5H2,2-3H3/t6-,7+/m1/s1. The third kappa shape index (κ3) is 4.61. The van der Waals surface area contributed by atoms with Crippen LogP contribution in [-0.4, -0.2) is 35.9 Å². The first kappa shape index (κ1) is 12.6. The van der Waals surface area contributed by atoms with Crippen LogP contribution < -0.4 is 0 Å². The van der Waals surface area contributed by atoms with E-state index in [1.807, 2.05) is 0 Å². The molecule has 1 N–H and O–H groups in total. The molecule has 0 rings (SSSR count). The fourth-order valence-corrected chi connectivity index (χ4v) is 0.579. The van der Waals surface area contributed by atoms with Crippen LogP contribution in [0.4, 0.5) is 0 Å². The minimum absolute atomic E-state index is 0.0649. The molecular formula is C9H14O5. The lowest BCUT2D eigenvalue weighted by atomic mass is 10.4. The highest BCUT2D eigenvalue weighted by Crippen LogP contribution is 1.98. The van der Waals surface area contributed by atoms with Gasteiger partial charge < -0.3 is 14.6 Å². The topological polar surface area (TPSA) is 72.8 Å². The first-order chi connectivity index (χ1) is 6.49. The van der Waals surface area contributed by atoms with Gasteiger partial charge in [0.25, 0.3) is 0 Å². The summed E-state index contributed by atoms with van der Waals surface area (Å²) in [6.45, 7) is 6.04. The van der Waals surface area contributed by atoms with Crippen molar-refractivity contribution >= 4 is 11.9 Å². The van der Waals surface area contributed by atoms with E-state index in [-0.39, 0.29) is 6.61 Å². The summed E-state index contributed by atoms with van der Waals surface area (Å²) in [6, 6.07) is 0. The molecule has 0 unspecified atom stereocenters. The van der Waals surface area contributed by atoms with E-state index >= 15 is 0 Å². The third-order valence-corrected chi connectivity index (χ3v) is 1.31. The molecule has 0 aliphatic rings. The predicted octanol–water partition coefficient (Wildman–Crippen LogP) is 0.0281.